The number of amides is 1. The van der Waals surface area contributed by atoms with E-state index in [0.717, 1.165) is 0 Å². The van der Waals surface area contributed by atoms with Gasteiger partial charge in [0.25, 0.3) is 0 Å². The number of carbonyl (C=O) groups is 1. The summed E-state index contributed by atoms with van der Waals surface area (Å²) in [7, 11) is 0. The van der Waals surface area contributed by atoms with Crippen LogP contribution in [0.2, 0.25) is 5.02 Å². The first-order valence-corrected chi connectivity index (χ1v) is 5.26. The molecule has 1 fully saturated rings. The van der Waals surface area contributed by atoms with Crippen LogP contribution in [0.15, 0.2) is 18.3 Å². The molecule has 0 spiro atoms. The van der Waals surface area contributed by atoms with Gasteiger partial charge in [-0.25, -0.2) is 4.98 Å². The molecule has 0 atom stereocenters. The summed E-state index contributed by atoms with van der Waals surface area (Å²) in [6.45, 7) is 0.342. The molecular weight excluding hydrogens is 214 g/mol. The molecule has 1 aromatic heterocycles. The topological polar surface area (TPSA) is 54.0 Å². The molecule has 80 valence electrons. The number of hydrogen-bond donors (Lipinski definition) is 2. The molecule has 1 aromatic rings. The summed E-state index contributed by atoms with van der Waals surface area (Å²) >= 11 is 5.67. The fourth-order valence-corrected chi connectivity index (χ4v) is 1.27. The highest BCUT2D eigenvalue weighted by molar-refractivity contribution is 6.30. The van der Waals surface area contributed by atoms with Crippen molar-refractivity contribution in [2.24, 2.45) is 0 Å². The van der Waals surface area contributed by atoms with Gasteiger partial charge < -0.3 is 10.6 Å². The van der Waals surface area contributed by atoms with E-state index in [4.69, 9.17) is 11.6 Å². The van der Waals surface area contributed by atoms with Crippen LogP contribution in [0.4, 0.5) is 5.82 Å². The van der Waals surface area contributed by atoms with Crippen molar-refractivity contribution in [1.82, 2.24) is 10.3 Å². The smallest absolute Gasteiger partial charge is 0.239 e. The molecule has 1 saturated carbocycles. The number of rotatable bonds is 4. The predicted molar refractivity (Wildman–Crippen MR) is 58.9 cm³/mol. The minimum Gasteiger partial charge on any atom is -0.310 e. The zero-order valence-electron chi connectivity index (χ0n) is 8.16. The highest BCUT2D eigenvalue weighted by Crippen LogP contribution is 2.18. The van der Waals surface area contributed by atoms with E-state index in [1.807, 2.05) is 0 Å². The molecule has 5 heteroatoms. The quantitative estimate of drug-likeness (QED) is 0.815. The Kier molecular flexibility index (Phi) is 3.18. The van der Waals surface area contributed by atoms with Gasteiger partial charge in [-0.05, 0) is 25.0 Å². The second-order valence-electron chi connectivity index (χ2n) is 3.57. The van der Waals surface area contributed by atoms with Crippen molar-refractivity contribution in [3.05, 3.63) is 23.4 Å². The van der Waals surface area contributed by atoms with Crippen LogP contribution in [-0.4, -0.2) is 23.5 Å². The first-order chi connectivity index (χ1) is 7.24. The summed E-state index contributed by atoms with van der Waals surface area (Å²) in [6.07, 6.45) is 3.85. The Morgan fingerprint density at radius 2 is 2.33 bits per heavy atom. The van der Waals surface area contributed by atoms with E-state index in [2.05, 4.69) is 15.6 Å². The molecule has 1 aliphatic carbocycles. The first-order valence-electron chi connectivity index (χ1n) is 4.89. The molecule has 0 saturated heterocycles. The van der Waals surface area contributed by atoms with Gasteiger partial charge >= 0.3 is 0 Å². The van der Waals surface area contributed by atoms with Gasteiger partial charge in [-0.2, -0.15) is 0 Å². The van der Waals surface area contributed by atoms with Crippen LogP contribution >= 0.6 is 11.6 Å². The van der Waals surface area contributed by atoms with E-state index in [0.29, 0.717) is 23.4 Å². The molecule has 0 radical (unpaired) electrons. The number of nitrogens with zero attached hydrogens (tertiary/aromatic N) is 1. The number of carbonyl (C=O) groups excluding carboxylic acids is 1. The molecule has 1 heterocycles. The van der Waals surface area contributed by atoms with Crippen LogP contribution in [0.1, 0.15) is 12.8 Å². The molecule has 1 aliphatic rings. The van der Waals surface area contributed by atoms with Crippen LogP contribution in [0.3, 0.4) is 0 Å². The van der Waals surface area contributed by atoms with Gasteiger partial charge in [-0.1, -0.05) is 11.6 Å². The van der Waals surface area contributed by atoms with E-state index in [1.165, 1.54) is 19.0 Å². The summed E-state index contributed by atoms with van der Waals surface area (Å²) in [6, 6.07) is 3.91. The van der Waals surface area contributed by atoms with Gasteiger partial charge in [0.15, 0.2) is 0 Å². The number of pyridine rings is 1. The lowest BCUT2D eigenvalue weighted by Gasteiger charge is -2.04. The van der Waals surface area contributed by atoms with Crippen molar-refractivity contribution in [2.45, 2.75) is 18.9 Å². The fraction of sp³-hybridized carbons (Fsp3) is 0.400. The summed E-state index contributed by atoms with van der Waals surface area (Å²) in [5, 5.41) is 6.36. The highest BCUT2D eigenvalue weighted by atomic mass is 35.5. The van der Waals surface area contributed by atoms with Crippen molar-refractivity contribution in [3.63, 3.8) is 0 Å². The van der Waals surface area contributed by atoms with E-state index in [-0.39, 0.29) is 5.91 Å². The van der Waals surface area contributed by atoms with Crippen LogP contribution < -0.4 is 10.6 Å². The van der Waals surface area contributed by atoms with E-state index in [1.54, 1.807) is 12.1 Å². The Bertz CT molecular complexity index is 348. The van der Waals surface area contributed by atoms with Gasteiger partial charge in [-0.15, -0.1) is 0 Å². The summed E-state index contributed by atoms with van der Waals surface area (Å²) in [4.78, 5) is 15.4. The molecule has 0 unspecified atom stereocenters. The fourth-order valence-electron chi connectivity index (χ4n) is 1.16. The Labute approximate surface area is 93.0 Å². The third kappa shape index (κ3) is 3.49. The zero-order valence-corrected chi connectivity index (χ0v) is 8.92. The average Bonchev–Trinajstić information content (AvgIpc) is 3.02. The second-order valence-corrected chi connectivity index (χ2v) is 4.00. The monoisotopic (exact) mass is 225 g/mol. The standard InChI is InChI=1S/C10H12ClN3O/c11-7-1-4-9(13-5-7)14-10(15)6-12-8-2-3-8/h1,4-5,8,12H,2-3,6H2,(H,13,14,15). The van der Waals surface area contributed by atoms with Gasteiger partial charge in [0.2, 0.25) is 5.91 Å². The van der Waals surface area contributed by atoms with Crippen LogP contribution in [0.25, 0.3) is 0 Å². The van der Waals surface area contributed by atoms with E-state index in [9.17, 15) is 4.79 Å². The van der Waals surface area contributed by atoms with E-state index < -0.39 is 0 Å². The predicted octanol–water partition coefficient (Wildman–Crippen LogP) is 1.43. The number of halogens is 1. The van der Waals surface area contributed by atoms with Gasteiger partial charge in [0.1, 0.15) is 5.82 Å². The molecule has 0 aromatic carbocycles. The summed E-state index contributed by atoms with van der Waals surface area (Å²) in [5.74, 6) is 0.457. The number of nitrogens with one attached hydrogen (secondary N) is 2. The lowest BCUT2D eigenvalue weighted by atomic mass is 10.4. The number of aromatic nitrogens is 1. The Balaban J connectivity index is 1.79. The number of hydrogen-bond acceptors (Lipinski definition) is 3. The Morgan fingerprint density at radius 1 is 1.53 bits per heavy atom. The summed E-state index contributed by atoms with van der Waals surface area (Å²) in [5.41, 5.74) is 0. The van der Waals surface area contributed by atoms with Crippen molar-refractivity contribution >= 4 is 23.3 Å². The SMILES string of the molecule is O=C(CNC1CC1)Nc1ccc(Cl)cn1. The van der Waals surface area contributed by atoms with Crippen LogP contribution in [-0.2, 0) is 4.79 Å². The molecule has 15 heavy (non-hydrogen) atoms. The molecule has 1 amide bonds. The molecule has 2 rings (SSSR count). The second kappa shape index (κ2) is 4.59. The highest BCUT2D eigenvalue weighted by Gasteiger charge is 2.21. The third-order valence-electron chi connectivity index (χ3n) is 2.12. The zero-order chi connectivity index (χ0) is 10.7. The van der Waals surface area contributed by atoms with Gasteiger partial charge in [0, 0.05) is 12.2 Å². The van der Waals surface area contributed by atoms with E-state index >= 15 is 0 Å². The minimum atomic E-state index is -0.0725. The number of anilines is 1. The normalized spacial score (nSPS) is 15.0. The molecule has 4 nitrogen and oxygen atoms in total. The van der Waals surface area contributed by atoms with Gasteiger partial charge in [-0.3, -0.25) is 4.79 Å². The molecular formula is C10H12ClN3O. The van der Waals surface area contributed by atoms with Crippen LogP contribution in [0, 0.1) is 0 Å². The lowest BCUT2D eigenvalue weighted by molar-refractivity contribution is -0.115. The van der Waals surface area contributed by atoms with Crippen molar-refractivity contribution in [1.29, 1.82) is 0 Å². The minimum absolute atomic E-state index is 0.0725. The van der Waals surface area contributed by atoms with Crippen molar-refractivity contribution < 1.29 is 4.79 Å². The Hall–Kier alpha value is -1.13. The maximum atomic E-state index is 11.4. The van der Waals surface area contributed by atoms with Crippen molar-refractivity contribution in [3.8, 4) is 0 Å². The first kappa shape index (κ1) is 10.4. The van der Waals surface area contributed by atoms with Crippen molar-refractivity contribution in [2.75, 3.05) is 11.9 Å². The maximum absolute atomic E-state index is 11.4. The Morgan fingerprint density at radius 3 is 2.93 bits per heavy atom. The third-order valence-corrected chi connectivity index (χ3v) is 2.35. The lowest BCUT2D eigenvalue weighted by Crippen LogP contribution is -2.29. The molecule has 0 aliphatic heterocycles. The maximum Gasteiger partial charge on any atom is 0.239 e. The van der Waals surface area contributed by atoms with Gasteiger partial charge in [0.05, 0.1) is 11.6 Å². The molecule has 2 N–H and O–H groups in total. The van der Waals surface area contributed by atoms with Crippen LogP contribution in [0.5, 0.6) is 0 Å². The summed E-state index contributed by atoms with van der Waals surface area (Å²) < 4.78 is 0. The largest absolute Gasteiger partial charge is 0.310 e. The molecule has 0 bridgehead atoms. The average molecular weight is 226 g/mol.